The zero-order valence-corrected chi connectivity index (χ0v) is 52.1. The molecule has 3 N–H and O–H groups in total. The SMILES string of the molecule is CCOP(=O)(CC1CCN(CC[C@H](CSc2ccccc2)Nc2ccc(P3(=O)[C@H](c4ccc(N5CCN(c6cccc(-c7c(C(=O)O)c(C)n(C(C)C)c7-c7ccc(Cl)cc7)c6)CC5)cc4)CCN3O)cc2S(=O)(=O)C(F)(F)F)CC1)OCC. The van der Waals surface area contributed by atoms with E-state index in [-0.39, 0.29) is 54.7 Å². The Kier molecular flexibility index (Phi) is 20.3. The summed E-state index contributed by atoms with van der Waals surface area (Å²) in [6.07, 6.45) is 2.46. The average Bonchev–Trinajstić information content (AvgIpc) is 1.90. The second kappa shape index (κ2) is 26.9. The van der Waals surface area contributed by atoms with Gasteiger partial charge in [0, 0.05) is 95.0 Å². The smallest absolute Gasteiger partial charge is 0.478 e. The summed E-state index contributed by atoms with van der Waals surface area (Å²) in [5, 5.41) is 25.6. The van der Waals surface area contributed by atoms with Gasteiger partial charge in [0.05, 0.1) is 42.0 Å². The summed E-state index contributed by atoms with van der Waals surface area (Å²) in [6, 6.07) is 35.2. The molecule has 9 rings (SSSR count). The molecule has 3 fully saturated rings. The van der Waals surface area contributed by atoms with E-state index >= 15 is 4.57 Å². The third-order valence-corrected chi connectivity index (χ3v) is 24.7. The van der Waals surface area contributed by atoms with Crippen molar-refractivity contribution in [1.82, 2.24) is 14.3 Å². The van der Waals surface area contributed by atoms with E-state index in [4.69, 9.17) is 20.6 Å². The largest absolute Gasteiger partial charge is 0.501 e. The van der Waals surface area contributed by atoms with Crippen LogP contribution in [0.15, 0.2) is 131 Å². The Labute approximate surface area is 500 Å². The van der Waals surface area contributed by atoms with Gasteiger partial charge in [0.15, 0.2) is 0 Å². The second-order valence-corrected chi connectivity index (χ2v) is 30.3. The van der Waals surface area contributed by atoms with Gasteiger partial charge in [-0.1, -0.05) is 66.2 Å². The van der Waals surface area contributed by atoms with Crippen LogP contribution in [0.3, 0.4) is 0 Å². The number of piperidine rings is 1. The number of thioether (sulfide) groups is 1. The Morgan fingerprint density at radius 3 is 2.07 bits per heavy atom. The average molecular weight is 1250 g/mol. The molecule has 0 aliphatic carbocycles. The fraction of sp³-hybridized carbons (Fsp3) is 0.426. The van der Waals surface area contributed by atoms with E-state index in [0.717, 1.165) is 52.0 Å². The highest BCUT2D eigenvalue weighted by atomic mass is 35.5. The maximum atomic E-state index is 15.4. The highest BCUT2D eigenvalue weighted by molar-refractivity contribution is 7.99. The maximum Gasteiger partial charge on any atom is 0.501 e. The standard InChI is InChI=1S/C61H74ClF3N6O9P2S2/c1-6-79-81(75,80-7-2)40-44-26-30-67(31-27-44)32-28-49(41-83-53-14-9-8-10-15-53)66-54-25-24-52(39-56(54)84(77,78)61(63,64)65)82(76)55(29-33-70(82)74)45-18-22-50(23-19-45)68-34-36-69(37-35-68)51-13-11-12-47(38-51)58-57(60(72)73)43(5)71(42(3)4)59(58)46-16-20-48(62)21-17-46/h8-25,38-39,42,44,49,55,66,74H,6-7,26-37,40-41H2,1-5H3,(H,72,73)/t49-,55+,82?/m1/s1. The number of carbonyl (C=O) groups is 1. The highest BCUT2D eigenvalue weighted by Gasteiger charge is 2.51. The molecule has 1 unspecified atom stereocenters. The minimum Gasteiger partial charge on any atom is -0.478 e. The van der Waals surface area contributed by atoms with Gasteiger partial charge in [-0.3, -0.25) is 9.13 Å². The molecule has 84 heavy (non-hydrogen) atoms. The van der Waals surface area contributed by atoms with Crippen LogP contribution in [0.4, 0.5) is 30.2 Å². The second-order valence-electron chi connectivity index (χ2n) is 21.9. The first-order chi connectivity index (χ1) is 40.0. The van der Waals surface area contributed by atoms with Crippen molar-refractivity contribution in [1.29, 1.82) is 0 Å². The lowest BCUT2D eigenvalue weighted by atomic mass is 9.96. The molecule has 15 nitrogen and oxygen atoms in total. The van der Waals surface area contributed by atoms with Crippen molar-refractivity contribution in [2.75, 3.05) is 92.6 Å². The quantitative estimate of drug-likeness (QED) is 0.0408. The maximum absolute atomic E-state index is 15.4. The zero-order chi connectivity index (χ0) is 60.1. The molecule has 0 bridgehead atoms. The summed E-state index contributed by atoms with van der Waals surface area (Å²) in [7, 11) is -13.4. The number of likely N-dealkylation sites (tertiary alicyclic amines) is 1. The third kappa shape index (κ3) is 13.8. The monoisotopic (exact) mass is 1250 g/mol. The molecule has 6 aromatic rings. The Balaban J connectivity index is 0.916. The lowest BCUT2D eigenvalue weighted by Gasteiger charge is -2.37. The lowest BCUT2D eigenvalue weighted by molar-refractivity contribution is -0.0435. The number of halogens is 4. The Hall–Kier alpha value is -5.11. The number of hydrogen-bond donors (Lipinski definition) is 3. The van der Waals surface area contributed by atoms with Gasteiger partial charge >= 0.3 is 19.1 Å². The number of aromatic nitrogens is 1. The van der Waals surface area contributed by atoms with E-state index in [9.17, 15) is 41.3 Å². The van der Waals surface area contributed by atoms with Crippen LogP contribution < -0.4 is 20.4 Å². The van der Waals surface area contributed by atoms with Crippen LogP contribution in [0.5, 0.6) is 0 Å². The third-order valence-electron chi connectivity index (χ3n) is 16.2. The van der Waals surface area contributed by atoms with Crippen LogP contribution in [-0.2, 0) is 28.0 Å². The molecule has 452 valence electrons. The highest BCUT2D eigenvalue weighted by Crippen LogP contribution is 2.66. The lowest BCUT2D eigenvalue weighted by Crippen LogP contribution is -2.46. The number of nitrogens with one attached hydrogen (secondary N) is 1. The number of hydroxylamine groups is 1. The van der Waals surface area contributed by atoms with Crippen LogP contribution in [0.25, 0.3) is 22.4 Å². The number of benzene rings is 5. The van der Waals surface area contributed by atoms with Gasteiger partial charge < -0.3 is 43.9 Å². The van der Waals surface area contributed by atoms with Crippen molar-refractivity contribution in [2.24, 2.45) is 5.92 Å². The summed E-state index contributed by atoms with van der Waals surface area (Å²) in [4.78, 5) is 20.2. The number of alkyl halides is 3. The number of carboxylic acid groups (broad SMARTS) is 1. The first-order valence-corrected chi connectivity index (χ1v) is 34.9. The Morgan fingerprint density at radius 2 is 1.46 bits per heavy atom. The van der Waals surface area contributed by atoms with E-state index in [0.29, 0.717) is 90.8 Å². The van der Waals surface area contributed by atoms with Crippen molar-refractivity contribution in [2.45, 2.75) is 93.3 Å². The van der Waals surface area contributed by atoms with E-state index in [1.165, 1.54) is 23.9 Å². The van der Waals surface area contributed by atoms with Gasteiger partial charge in [0.25, 0.3) is 9.84 Å². The minimum absolute atomic E-state index is 0.0303. The van der Waals surface area contributed by atoms with Crippen molar-refractivity contribution < 1.29 is 54.9 Å². The fourth-order valence-corrected chi connectivity index (χ4v) is 19.3. The molecular weight excluding hydrogens is 1180 g/mol. The minimum atomic E-state index is -6.02. The fourth-order valence-electron chi connectivity index (χ4n) is 12.1. The zero-order valence-electron chi connectivity index (χ0n) is 47.9. The van der Waals surface area contributed by atoms with Crippen LogP contribution in [0.1, 0.15) is 86.7 Å². The van der Waals surface area contributed by atoms with E-state index in [1.54, 1.807) is 26.0 Å². The van der Waals surface area contributed by atoms with Gasteiger partial charge in [-0.2, -0.15) is 13.2 Å². The summed E-state index contributed by atoms with van der Waals surface area (Å²) in [6.45, 7) is 14.4. The summed E-state index contributed by atoms with van der Waals surface area (Å²) < 4.78 is 113. The molecule has 23 heteroatoms. The molecule has 0 saturated carbocycles. The van der Waals surface area contributed by atoms with Crippen LogP contribution in [0.2, 0.25) is 5.02 Å². The van der Waals surface area contributed by atoms with Gasteiger partial charge in [-0.25, -0.2) is 13.2 Å². The number of rotatable bonds is 23. The van der Waals surface area contributed by atoms with Crippen molar-refractivity contribution in [3.63, 3.8) is 0 Å². The van der Waals surface area contributed by atoms with Crippen molar-refractivity contribution in [3.8, 4) is 22.4 Å². The Bertz CT molecular complexity index is 3460. The predicted molar refractivity (Wildman–Crippen MR) is 330 cm³/mol. The van der Waals surface area contributed by atoms with Gasteiger partial charge in [0.1, 0.15) is 4.90 Å². The number of hydrogen-bond acceptors (Lipinski definition) is 13. The van der Waals surface area contributed by atoms with Gasteiger partial charge in [0.2, 0.25) is 7.29 Å². The number of piperazine rings is 1. The molecule has 3 saturated heterocycles. The summed E-state index contributed by atoms with van der Waals surface area (Å²) in [5.41, 5.74) is -0.491. The van der Waals surface area contributed by atoms with Gasteiger partial charge in [-0.15, -0.1) is 16.6 Å². The van der Waals surface area contributed by atoms with Crippen molar-refractivity contribution in [3.05, 3.63) is 143 Å². The van der Waals surface area contributed by atoms with E-state index < -0.39 is 52.8 Å². The topological polar surface area (TPSA) is 174 Å². The Morgan fingerprint density at radius 1 is 0.821 bits per heavy atom. The number of aromatic carboxylic acids is 1. The normalized spacial score (nSPS) is 19.1. The molecule has 3 atom stereocenters. The first kappa shape index (κ1) is 63.4. The van der Waals surface area contributed by atoms with Crippen LogP contribution >= 0.6 is 38.3 Å². The van der Waals surface area contributed by atoms with Crippen LogP contribution in [0, 0.1) is 12.8 Å². The van der Waals surface area contributed by atoms with E-state index in [2.05, 4.69) is 24.6 Å². The summed E-state index contributed by atoms with van der Waals surface area (Å²) in [5.74, 6) is -0.507. The molecule has 0 spiro atoms. The predicted octanol–water partition coefficient (Wildman–Crippen LogP) is 14.4. The molecular formula is C61H74ClF3N6O9P2S2. The number of nitrogens with zero attached hydrogens (tertiary/aromatic N) is 5. The molecule has 1 aromatic heterocycles. The number of sulfone groups is 1. The van der Waals surface area contributed by atoms with E-state index in [1.807, 2.05) is 112 Å². The molecule has 3 aliphatic rings. The molecule has 3 aliphatic heterocycles. The number of anilines is 3. The summed E-state index contributed by atoms with van der Waals surface area (Å²) >= 11 is 7.77. The molecule has 0 amide bonds. The van der Waals surface area contributed by atoms with Crippen molar-refractivity contribution >= 4 is 76.4 Å². The van der Waals surface area contributed by atoms with Crippen LogP contribution in [-0.4, -0.2) is 128 Å². The van der Waals surface area contributed by atoms with Gasteiger partial charge in [-0.05, 0) is 163 Å². The molecule has 0 radical (unpaired) electrons. The molecule has 4 heterocycles. The first-order valence-electron chi connectivity index (χ1n) is 28.6. The molecule has 5 aromatic carbocycles. The number of carboxylic acids is 1.